The Bertz CT molecular complexity index is 753. The molecule has 0 saturated carbocycles. The Balaban J connectivity index is 3.05. The highest BCUT2D eigenvalue weighted by Crippen LogP contribution is 2.16. The van der Waals surface area contributed by atoms with Gasteiger partial charge in [0.1, 0.15) is 12.1 Å². The van der Waals surface area contributed by atoms with Gasteiger partial charge < -0.3 is 15.7 Å². The summed E-state index contributed by atoms with van der Waals surface area (Å²) >= 11 is 0. The fourth-order valence-electron chi connectivity index (χ4n) is 3.16. The maximum absolute atomic E-state index is 13.0. The molecule has 0 bridgehead atoms. The summed E-state index contributed by atoms with van der Waals surface area (Å²) in [5.41, 5.74) is 2.36. The van der Waals surface area contributed by atoms with Gasteiger partial charge in [0.05, 0.1) is 5.92 Å². The number of carbonyl (C=O) groups is 4. The van der Waals surface area contributed by atoms with Crippen LogP contribution in [-0.4, -0.2) is 46.1 Å². The van der Waals surface area contributed by atoms with Crippen molar-refractivity contribution in [3.63, 3.8) is 0 Å². The lowest BCUT2D eigenvalue weighted by Gasteiger charge is -2.28. The van der Waals surface area contributed by atoms with Gasteiger partial charge in [0, 0.05) is 6.42 Å². The monoisotopic (exact) mass is 435 g/mol. The van der Waals surface area contributed by atoms with Crippen molar-refractivity contribution in [2.45, 2.75) is 59.0 Å². The van der Waals surface area contributed by atoms with Gasteiger partial charge in [-0.25, -0.2) is 10.3 Å². The molecule has 3 unspecified atom stereocenters. The van der Waals surface area contributed by atoms with Gasteiger partial charge in [0.25, 0.3) is 0 Å². The van der Waals surface area contributed by atoms with Crippen molar-refractivity contribution in [3.05, 3.63) is 35.9 Å². The van der Waals surface area contributed by atoms with E-state index in [-0.39, 0.29) is 24.7 Å². The highest BCUT2D eigenvalue weighted by molar-refractivity contribution is 5.92. The molecule has 1 aromatic rings. The lowest BCUT2D eigenvalue weighted by molar-refractivity contribution is -0.144. The molecule has 172 valence electrons. The molecule has 0 fully saturated rings. The number of benzene rings is 1. The molecule has 0 aliphatic heterocycles. The molecular formula is C22H33N3O6. The smallest absolute Gasteiger partial charge is 0.326 e. The number of hydroxylamine groups is 1. The zero-order valence-electron chi connectivity index (χ0n) is 18.4. The number of amides is 3. The van der Waals surface area contributed by atoms with E-state index < -0.39 is 41.7 Å². The first-order chi connectivity index (χ1) is 14.6. The van der Waals surface area contributed by atoms with E-state index in [0.717, 1.165) is 5.56 Å². The van der Waals surface area contributed by atoms with Crippen molar-refractivity contribution >= 4 is 23.7 Å². The van der Waals surface area contributed by atoms with Gasteiger partial charge in [-0.05, 0) is 23.8 Å². The predicted molar refractivity (Wildman–Crippen MR) is 114 cm³/mol. The summed E-state index contributed by atoms with van der Waals surface area (Å²) in [6.07, 6.45) is 0.534. The molecule has 1 rings (SSSR count). The van der Waals surface area contributed by atoms with Crippen LogP contribution in [0, 0.1) is 17.8 Å². The Kier molecular flexibility index (Phi) is 10.7. The SMILES string of the molecule is CCC(C)C(NC(=O)[C@H](CC(=O)NO)Cc1ccccc1)C(=O)NC(C(=O)O)C(C)C. The number of carboxylic acids is 1. The fourth-order valence-corrected chi connectivity index (χ4v) is 3.16. The minimum atomic E-state index is -1.15. The number of aliphatic carboxylic acids is 1. The molecule has 0 spiro atoms. The Labute approximate surface area is 182 Å². The van der Waals surface area contributed by atoms with Crippen molar-refractivity contribution < 1.29 is 29.5 Å². The normalized spacial score (nSPS) is 14.8. The Morgan fingerprint density at radius 3 is 2.00 bits per heavy atom. The maximum Gasteiger partial charge on any atom is 0.326 e. The van der Waals surface area contributed by atoms with Gasteiger partial charge in [-0.1, -0.05) is 64.4 Å². The molecule has 1 aromatic carbocycles. The van der Waals surface area contributed by atoms with Crippen LogP contribution in [-0.2, 0) is 25.6 Å². The second-order valence-corrected chi connectivity index (χ2v) is 8.07. The van der Waals surface area contributed by atoms with E-state index in [4.69, 9.17) is 5.21 Å². The molecule has 9 nitrogen and oxygen atoms in total. The highest BCUT2D eigenvalue weighted by atomic mass is 16.5. The lowest BCUT2D eigenvalue weighted by atomic mass is 9.92. The van der Waals surface area contributed by atoms with Crippen LogP contribution >= 0.6 is 0 Å². The van der Waals surface area contributed by atoms with Crippen molar-refractivity contribution in [1.82, 2.24) is 16.1 Å². The molecule has 0 aliphatic rings. The van der Waals surface area contributed by atoms with Crippen molar-refractivity contribution in [1.29, 1.82) is 0 Å². The van der Waals surface area contributed by atoms with Crippen LogP contribution in [0.1, 0.15) is 46.1 Å². The first-order valence-electron chi connectivity index (χ1n) is 10.4. The number of nitrogens with one attached hydrogen (secondary N) is 3. The second-order valence-electron chi connectivity index (χ2n) is 8.07. The Morgan fingerprint density at radius 2 is 1.52 bits per heavy atom. The van der Waals surface area contributed by atoms with E-state index >= 15 is 0 Å². The number of hydrogen-bond acceptors (Lipinski definition) is 5. The summed E-state index contributed by atoms with van der Waals surface area (Å²) in [6.45, 7) is 7.00. The van der Waals surface area contributed by atoms with E-state index in [1.807, 2.05) is 37.3 Å². The molecule has 0 aliphatic carbocycles. The molecule has 31 heavy (non-hydrogen) atoms. The topological polar surface area (TPSA) is 145 Å². The molecule has 0 saturated heterocycles. The van der Waals surface area contributed by atoms with Crippen LogP contribution in [0.25, 0.3) is 0 Å². The first kappa shape index (κ1) is 26.1. The molecular weight excluding hydrogens is 402 g/mol. The van der Waals surface area contributed by atoms with Gasteiger partial charge >= 0.3 is 5.97 Å². The number of hydrogen-bond donors (Lipinski definition) is 5. The molecule has 9 heteroatoms. The van der Waals surface area contributed by atoms with Crippen LogP contribution in [0.5, 0.6) is 0 Å². The van der Waals surface area contributed by atoms with E-state index in [9.17, 15) is 24.3 Å². The zero-order chi connectivity index (χ0) is 23.6. The molecule has 0 aromatic heterocycles. The molecule has 3 amide bonds. The lowest BCUT2D eigenvalue weighted by Crippen LogP contribution is -2.56. The van der Waals surface area contributed by atoms with Crippen molar-refractivity contribution in [2.75, 3.05) is 0 Å². The van der Waals surface area contributed by atoms with Gasteiger partial charge in [-0.15, -0.1) is 0 Å². The summed E-state index contributed by atoms with van der Waals surface area (Å²) in [6, 6.07) is 7.03. The number of carbonyl (C=O) groups excluding carboxylic acids is 3. The zero-order valence-corrected chi connectivity index (χ0v) is 18.4. The highest BCUT2D eigenvalue weighted by Gasteiger charge is 2.33. The Morgan fingerprint density at radius 1 is 0.935 bits per heavy atom. The van der Waals surface area contributed by atoms with Crippen LogP contribution in [0.15, 0.2) is 30.3 Å². The van der Waals surface area contributed by atoms with E-state index in [2.05, 4.69) is 10.6 Å². The quantitative estimate of drug-likeness (QED) is 0.248. The molecule has 0 radical (unpaired) electrons. The Hall–Kier alpha value is -2.94. The third kappa shape index (κ3) is 8.37. The van der Waals surface area contributed by atoms with Crippen LogP contribution in [0.2, 0.25) is 0 Å². The summed E-state index contributed by atoms with van der Waals surface area (Å²) in [5.74, 6) is -4.42. The van der Waals surface area contributed by atoms with Crippen LogP contribution in [0.4, 0.5) is 0 Å². The largest absolute Gasteiger partial charge is 0.480 e. The minimum Gasteiger partial charge on any atom is -0.480 e. The summed E-state index contributed by atoms with van der Waals surface area (Å²) in [4.78, 5) is 49.1. The van der Waals surface area contributed by atoms with Crippen LogP contribution in [0.3, 0.4) is 0 Å². The number of rotatable bonds is 12. The molecule has 0 heterocycles. The van der Waals surface area contributed by atoms with Gasteiger partial charge in [0.15, 0.2) is 0 Å². The number of carboxylic acid groups (broad SMARTS) is 1. The van der Waals surface area contributed by atoms with Crippen molar-refractivity contribution in [3.8, 4) is 0 Å². The first-order valence-corrected chi connectivity index (χ1v) is 10.4. The van der Waals surface area contributed by atoms with E-state index in [0.29, 0.717) is 6.42 Å². The van der Waals surface area contributed by atoms with E-state index in [1.165, 1.54) is 5.48 Å². The molecule has 4 atom stereocenters. The predicted octanol–water partition coefficient (Wildman–Crippen LogP) is 1.50. The van der Waals surface area contributed by atoms with Gasteiger partial charge in [-0.2, -0.15) is 0 Å². The average Bonchev–Trinajstić information content (AvgIpc) is 2.74. The average molecular weight is 436 g/mol. The van der Waals surface area contributed by atoms with Crippen LogP contribution < -0.4 is 16.1 Å². The maximum atomic E-state index is 13.0. The van der Waals surface area contributed by atoms with E-state index in [1.54, 1.807) is 20.8 Å². The second kappa shape index (κ2) is 12.7. The van der Waals surface area contributed by atoms with Crippen molar-refractivity contribution in [2.24, 2.45) is 17.8 Å². The molecule has 5 N–H and O–H groups in total. The van der Waals surface area contributed by atoms with Gasteiger partial charge in [0.2, 0.25) is 17.7 Å². The fraction of sp³-hybridized carbons (Fsp3) is 0.545. The standard InChI is InChI=1S/C22H33N3O6/c1-5-14(4)19(21(28)23-18(13(2)3)22(29)30)24-20(27)16(12-17(26)25-31)11-15-9-7-6-8-10-15/h6-10,13-14,16,18-19,31H,5,11-12H2,1-4H3,(H,23,28)(H,24,27)(H,25,26)(H,29,30)/t14?,16-,18?,19?/m0/s1. The third-order valence-corrected chi connectivity index (χ3v) is 5.28. The summed E-state index contributed by atoms with van der Waals surface area (Å²) in [7, 11) is 0. The van der Waals surface area contributed by atoms with Gasteiger partial charge in [-0.3, -0.25) is 19.6 Å². The summed E-state index contributed by atoms with van der Waals surface area (Å²) < 4.78 is 0. The summed E-state index contributed by atoms with van der Waals surface area (Å²) in [5, 5.41) is 23.4. The third-order valence-electron chi connectivity index (χ3n) is 5.28. The minimum absolute atomic E-state index is 0.235.